The van der Waals surface area contributed by atoms with Gasteiger partial charge in [0.15, 0.2) is 0 Å². The number of rotatable bonds is 6. The summed E-state index contributed by atoms with van der Waals surface area (Å²) in [6, 6.07) is 24.3. The van der Waals surface area contributed by atoms with Gasteiger partial charge in [0.2, 0.25) is 5.78 Å². The van der Waals surface area contributed by atoms with Crippen molar-refractivity contribution in [2.45, 2.75) is 13.0 Å². The predicted octanol–water partition coefficient (Wildman–Crippen LogP) is 4.86. The Morgan fingerprint density at radius 1 is 0.731 bits per heavy atom. The van der Waals surface area contributed by atoms with Crippen LogP contribution >= 0.6 is 11.6 Å². The Labute approximate surface area is 157 Å². The number of carbonyl (C=O) groups excluding carboxylic acids is 2. The average molecular weight is 365 g/mol. The molecule has 26 heavy (non-hydrogen) atoms. The molecule has 0 atom stereocenters. The van der Waals surface area contributed by atoms with E-state index in [1.54, 1.807) is 0 Å². The molecule has 0 unspecified atom stereocenters. The minimum atomic E-state index is -0.810. The molecule has 0 spiro atoms. The van der Waals surface area contributed by atoms with E-state index in [0.717, 1.165) is 22.3 Å². The van der Waals surface area contributed by atoms with Gasteiger partial charge in [0.1, 0.15) is 6.61 Å². The van der Waals surface area contributed by atoms with E-state index >= 15 is 0 Å². The lowest BCUT2D eigenvalue weighted by molar-refractivity contribution is -0.154. The van der Waals surface area contributed by atoms with Crippen LogP contribution < -0.4 is 0 Å². The van der Waals surface area contributed by atoms with Gasteiger partial charge >= 0.3 is 5.97 Å². The zero-order valence-corrected chi connectivity index (χ0v) is 14.8. The minimum Gasteiger partial charge on any atom is -0.455 e. The van der Waals surface area contributed by atoms with Crippen LogP contribution in [0.2, 0.25) is 5.02 Å². The normalized spacial score (nSPS) is 10.3. The van der Waals surface area contributed by atoms with E-state index in [2.05, 4.69) is 0 Å². The molecule has 0 heterocycles. The zero-order chi connectivity index (χ0) is 18.4. The van der Waals surface area contributed by atoms with Crippen molar-refractivity contribution in [3.63, 3.8) is 0 Å². The molecular formula is C22H17ClO3. The first-order valence-electron chi connectivity index (χ1n) is 8.20. The van der Waals surface area contributed by atoms with Crippen LogP contribution in [0.15, 0.2) is 78.9 Å². The maximum absolute atomic E-state index is 12.0. The van der Waals surface area contributed by atoms with Gasteiger partial charge < -0.3 is 4.74 Å². The lowest BCUT2D eigenvalue weighted by atomic mass is 10.0. The average Bonchev–Trinajstić information content (AvgIpc) is 2.68. The Balaban J connectivity index is 1.57. The van der Waals surface area contributed by atoms with E-state index in [0.29, 0.717) is 5.02 Å². The summed E-state index contributed by atoms with van der Waals surface area (Å²) >= 11 is 5.89. The fourth-order valence-corrected chi connectivity index (χ4v) is 2.64. The highest BCUT2D eigenvalue weighted by atomic mass is 35.5. The molecule has 3 aromatic rings. The number of hydrogen-bond acceptors (Lipinski definition) is 3. The van der Waals surface area contributed by atoms with Crippen molar-refractivity contribution >= 4 is 23.4 Å². The number of esters is 1. The van der Waals surface area contributed by atoms with Gasteiger partial charge in [-0.05, 0) is 34.4 Å². The molecule has 0 saturated heterocycles. The number of ketones is 1. The SMILES string of the molecule is O=C(Cc1ccc(-c2ccc(Cl)cc2)cc1)C(=O)OCc1ccccc1. The van der Waals surface area contributed by atoms with Gasteiger partial charge in [-0.1, -0.05) is 78.3 Å². The van der Waals surface area contributed by atoms with E-state index in [-0.39, 0.29) is 13.0 Å². The molecule has 4 heteroatoms. The van der Waals surface area contributed by atoms with Gasteiger partial charge in [-0.3, -0.25) is 4.79 Å². The van der Waals surface area contributed by atoms with Gasteiger partial charge in [0.05, 0.1) is 0 Å². The fourth-order valence-electron chi connectivity index (χ4n) is 2.52. The lowest BCUT2D eigenvalue weighted by Crippen LogP contribution is -2.19. The second-order valence-electron chi connectivity index (χ2n) is 5.87. The summed E-state index contributed by atoms with van der Waals surface area (Å²) in [4.78, 5) is 23.9. The molecule has 0 aliphatic rings. The van der Waals surface area contributed by atoms with Crippen LogP contribution in [0.1, 0.15) is 11.1 Å². The number of halogens is 1. The molecule has 0 aromatic heterocycles. The third kappa shape index (κ3) is 4.80. The van der Waals surface area contributed by atoms with Crippen molar-refractivity contribution in [1.82, 2.24) is 0 Å². The van der Waals surface area contributed by atoms with Crippen LogP contribution in [0.3, 0.4) is 0 Å². The smallest absolute Gasteiger partial charge is 0.375 e. The van der Waals surface area contributed by atoms with Crippen molar-refractivity contribution in [2.24, 2.45) is 0 Å². The van der Waals surface area contributed by atoms with Crippen molar-refractivity contribution in [3.8, 4) is 11.1 Å². The van der Waals surface area contributed by atoms with Crippen molar-refractivity contribution in [3.05, 3.63) is 95.0 Å². The third-order valence-corrected chi connectivity index (χ3v) is 4.19. The first-order valence-corrected chi connectivity index (χ1v) is 8.58. The van der Waals surface area contributed by atoms with Crippen LogP contribution in [0.25, 0.3) is 11.1 Å². The van der Waals surface area contributed by atoms with Crippen LogP contribution in [-0.4, -0.2) is 11.8 Å². The molecule has 0 aliphatic heterocycles. The second kappa shape index (κ2) is 8.45. The minimum absolute atomic E-state index is 0.0223. The molecular weight excluding hydrogens is 348 g/mol. The zero-order valence-electron chi connectivity index (χ0n) is 14.0. The molecule has 0 bridgehead atoms. The van der Waals surface area contributed by atoms with Crippen LogP contribution in [0.5, 0.6) is 0 Å². The second-order valence-corrected chi connectivity index (χ2v) is 6.30. The molecule has 0 saturated carbocycles. The Bertz CT molecular complexity index is 885. The van der Waals surface area contributed by atoms with E-state index in [1.807, 2.05) is 78.9 Å². The van der Waals surface area contributed by atoms with Crippen LogP contribution in [-0.2, 0) is 27.4 Å². The van der Waals surface area contributed by atoms with Crippen molar-refractivity contribution < 1.29 is 14.3 Å². The number of Topliss-reactive ketones (excluding diaryl/α,β-unsaturated/α-hetero) is 1. The van der Waals surface area contributed by atoms with E-state index in [9.17, 15) is 9.59 Å². The molecule has 0 fully saturated rings. The number of carbonyl (C=O) groups is 2. The van der Waals surface area contributed by atoms with Crippen molar-refractivity contribution in [2.75, 3.05) is 0 Å². The number of benzene rings is 3. The summed E-state index contributed by atoms with van der Waals surface area (Å²) < 4.78 is 5.07. The molecule has 3 nitrogen and oxygen atoms in total. The summed E-state index contributed by atoms with van der Waals surface area (Å²) in [6.45, 7) is 0.0981. The molecule has 3 rings (SSSR count). The molecule has 0 N–H and O–H groups in total. The standard InChI is InChI=1S/C22H17ClO3/c23-20-12-10-19(11-13-20)18-8-6-16(7-9-18)14-21(24)22(25)26-15-17-4-2-1-3-5-17/h1-13H,14-15H2. The van der Waals surface area contributed by atoms with E-state index in [4.69, 9.17) is 16.3 Å². The van der Waals surface area contributed by atoms with Crippen LogP contribution in [0.4, 0.5) is 0 Å². The maximum Gasteiger partial charge on any atom is 0.375 e. The van der Waals surface area contributed by atoms with E-state index in [1.165, 1.54) is 0 Å². The molecule has 3 aromatic carbocycles. The largest absolute Gasteiger partial charge is 0.455 e. The lowest BCUT2D eigenvalue weighted by Gasteiger charge is -2.06. The highest BCUT2D eigenvalue weighted by Gasteiger charge is 2.16. The molecule has 0 aliphatic carbocycles. The monoisotopic (exact) mass is 364 g/mol. The first-order chi connectivity index (χ1) is 12.6. The Morgan fingerprint density at radius 3 is 1.92 bits per heavy atom. The third-order valence-electron chi connectivity index (χ3n) is 3.94. The van der Waals surface area contributed by atoms with E-state index < -0.39 is 11.8 Å². The molecule has 0 radical (unpaired) electrons. The quantitative estimate of drug-likeness (QED) is 0.463. The summed E-state index contributed by atoms with van der Waals surface area (Å²) in [5.41, 5.74) is 3.67. The van der Waals surface area contributed by atoms with Gasteiger partial charge in [0.25, 0.3) is 0 Å². The first kappa shape index (κ1) is 17.9. The Morgan fingerprint density at radius 2 is 1.31 bits per heavy atom. The maximum atomic E-state index is 12.0. The predicted molar refractivity (Wildman–Crippen MR) is 102 cm³/mol. The summed E-state index contributed by atoms with van der Waals surface area (Å²) in [5.74, 6) is -1.36. The Kier molecular flexibility index (Phi) is 5.82. The fraction of sp³-hybridized carbons (Fsp3) is 0.0909. The molecule has 0 amide bonds. The number of hydrogen-bond donors (Lipinski definition) is 0. The van der Waals surface area contributed by atoms with Gasteiger partial charge in [-0.25, -0.2) is 4.79 Å². The number of ether oxygens (including phenoxy) is 1. The molecule has 130 valence electrons. The summed E-state index contributed by atoms with van der Waals surface area (Å²) in [5, 5.41) is 0.685. The highest BCUT2D eigenvalue weighted by Crippen LogP contribution is 2.22. The van der Waals surface area contributed by atoms with Gasteiger partial charge in [0, 0.05) is 11.4 Å². The highest BCUT2D eigenvalue weighted by molar-refractivity contribution is 6.34. The topological polar surface area (TPSA) is 43.4 Å². The van der Waals surface area contributed by atoms with Gasteiger partial charge in [-0.15, -0.1) is 0 Å². The van der Waals surface area contributed by atoms with Gasteiger partial charge in [-0.2, -0.15) is 0 Å². The van der Waals surface area contributed by atoms with Crippen LogP contribution in [0, 0.1) is 0 Å². The summed E-state index contributed by atoms with van der Waals surface area (Å²) in [7, 11) is 0. The summed E-state index contributed by atoms with van der Waals surface area (Å²) in [6.07, 6.45) is 0.0223. The van der Waals surface area contributed by atoms with Crippen molar-refractivity contribution in [1.29, 1.82) is 0 Å². The Hall–Kier alpha value is -2.91.